The fourth-order valence-electron chi connectivity index (χ4n) is 2.26. The molecule has 21 heavy (non-hydrogen) atoms. The van der Waals surface area contributed by atoms with Crippen LogP contribution in [0.5, 0.6) is 5.75 Å². The van der Waals surface area contributed by atoms with Crippen molar-refractivity contribution in [2.24, 2.45) is 0 Å². The number of pyridine rings is 1. The van der Waals surface area contributed by atoms with Crippen molar-refractivity contribution in [3.05, 3.63) is 53.4 Å². The Morgan fingerprint density at radius 1 is 1.33 bits per heavy atom. The molecule has 0 aliphatic carbocycles. The first-order valence-corrected chi connectivity index (χ1v) is 6.32. The lowest BCUT2D eigenvalue weighted by atomic mass is 10.0. The van der Waals surface area contributed by atoms with E-state index in [9.17, 15) is 8.78 Å². The normalized spacial score (nSPS) is 11.0. The van der Waals surface area contributed by atoms with Crippen LogP contribution in [-0.2, 0) is 6.42 Å². The van der Waals surface area contributed by atoms with Gasteiger partial charge in [-0.2, -0.15) is 0 Å². The van der Waals surface area contributed by atoms with Crippen LogP contribution in [0.3, 0.4) is 0 Å². The number of hydrogen-bond acceptors (Lipinski definition) is 3. The van der Waals surface area contributed by atoms with E-state index in [-0.39, 0.29) is 17.7 Å². The molecule has 2 aromatic heterocycles. The first-order chi connectivity index (χ1) is 10.1. The summed E-state index contributed by atoms with van der Waals surface area (Å²) < 4.78 is 32.9. The Bertz CT molecular complexity index is 814. The molecule has 3 N–H and O–H groups in total. The van der Waals surface area contributed by atoms with Crippen molar-refractivity contribution in [1.29, 1.82) is 0 Å². The minimum Gasteiger partial charge on any atom is -0.495 e. The van der Waals surface area contributed by atoms with Gasteiger partial charge in [0.15, 0.2) is 5.82 Å². The highest BCUT2D eigenvalue weighted by Gasteiger charge is 2.15. The van der Waals surface area contributed by atoms with E-state index < -0.39 is 11.6 Å². The van der Waals surface area contributed by atoms with Gasteiger partial charge in [0.2, 0.25) is 0 Å². The summed E-state index contributed by atoms with van der Waals surface area (Å²) in [4.78, 5) is 7.15. The van der Waals surface area contributed by atoms with Gasteiger partial charge in [0.25, 0.3) is 0 Å². The number of benzene rings is 1. The lowest BCUT2D eigenvalue weighted by Crippen LogP contribution is -2.01. The van der Waals surface area contributed by atoms with E-state index >= 15 is 0 Å². The Morgan fingerprint density at radius 2 is 2.14 bits per heavy atom. The number of halogens is 2. The number of rotatable bonds is 3. The van der Waals surface area contributed by atoms with E-state index in [1.54, 1.807) is 18.5 Å². The molecule has 2 heterocycles. The summed E-state index contributed by atoms with van der Waals surface area (Å²) in [6.45, 7) is 0. The van der Waals surface area contributed by atoms with Crippen molar-refractivity contribution < 1.29 is 13.5 Å². The number of aromatic amines is 1. The van der Waals surface area contributed by atoms with Gasteiger partial charge < -0.3 is 15.5 Å². The van der Waals surface area contributed by atoms with Crippen LogP contribution in [0.15, 0.2) is 30.6 Å². The Morgan fingerprint density at radius 3 is 2.90 bits per heavy atom. The van der Waals surface area contributed by atoms with Gasteiger partial charge in [-0.3, -0.25) is 0 Å². The third-order valence-corrected chi connectivity index (χ3v) is 3.41. The minimum absolute atomic E-state index is 0.0567. The topological polar surface area (TPSA) is 63.9 Å². The summed E-state index contributed by atoms with van der Waals surface area (Å²) >= 11 is 0. The number of ether oxygens (including phenoxy) is 1. The Hall–Kier alpha value is -2.63. The number of fused-ring (bicyclic) bond motifs is 1. The molecular weight excluding hydrogens is 276 g/mol. The summed E-state index contributed by atoms with van der Waals surface area (Å²) in [5.41, 5.74) is 6.73. The summed E-state index contributed by atoms with van der Waals surface area (Å²) in [7, 11) is 1.53. The van der Waals surface area contributed by atoms with Gasteiger partial charge >= 0.3 is 0 Å². The number of nitrogen functional groups attached to an aromatic ring is 1. The maximum Gasteiger partial charge on any atom is 0.152 e. The van der Waals surface area contributed by atoms with Crippen LogP contribution in [0.2, 0.25) is 0 Å². The van der Waals surface area contributed by atoms with Crippen molar-refractivity contribution in [2.75, 3.05) is 12.8 Å². The molecule has 3 rings (SSSR count). The second-order valence-corrected chi connectivity index (χ2v) is 4.69. The summed E-state index contributed by atoms with van der Waals surface area (Å²) in [6, 6.07) is 4.16. The van der Waals surface area contributed by atoms with Crippen LogP contribution in [0.1, 0.15) is 11.1 Å². The molecule has 0 spiro atoms. The fraction of sp³-hybridized carbons (Fsp3) is 0.133. The largest absolute Gasteiger partial charge is 0.495 e. The Labute approximate surface area is 119 Å². The monoisotopic (exact) mass is 289 g/mol. The molecular formula is C15H13F2N3O. The lowest BCUT2D eigenvalue weighted by molar-refractivity contribution is 0.413. The molecule has 0 amide bonds. The van der Waals surface area contributed by atoms with Crippen LogP contribution in [0, 0.1) is 11.6 Å². The van der Waals surface area contributed by atoms with Crippen LogP contribution in [0.4, 0.5) is 14.5 Å². The third kappa shape index (κ3) is 2.29. The van der Waals surface area contributed by atoms with Gasteiger partial charge in [-0.15, -0.1) is 0 Å². The molecule has 0 saturated carbocycles. The maximum atomic E-state index is 14.0. The molecule has 0 saturated heterocycles. The van der Waals surface area contributed by atoms with E-state index in [0.29, 0.717) is 11.4 Å². The quantitative estimate of drug-likeness (QED) is 0.728. The number of nitrogens with zero attached hydrogens (tertiary/aromatic N) is 1. The van der Waals surface area contributed by atoms with Gasteiger partial charge in [-0.25, -0.2) is 13.8 Å². The molecule has 0 radical (unpaired) electrons. The molecule has 3 aromatic rings. The summed E-state index contributed by atoms with van der Waals surface area (Å²) in [5.74, 6) is -0.760. The number of nitrogens with one attached hydrogen (secondary N) is 1. The summed E-state index contributed by atoms with van der Waals surface area (Å²) in [5, 5.41) is 0.760. The molecule has 0 bridgehead atoms. The standard InChI is InChI=1S/C15H13F2N3O/c1-21-9-5-10-8(6-19-15(10)20-7-9)4-11-12(16)2-3-13(18)14(11)17/h2-3,5-7H,4,18H2,1H3,(H,19,20). The molecule has 0 fully saturated rings. The van der Waals surface area contributed by atoms with E-state index in [4.69, 9.17) is 10.5 Å². The van der Waals surface area contributed by atoms with Crippen molar-refractivity contribution in [2.45, 2.75) is 6.42 Å². The molecule has 0 unspecified atom stereocenters. The smallest absolute Gasteiger partial charge is 0.152 e. The molecule has 1 aromatic carbocycles. The Balaban J connectivity index is 2.08. The number of H-pyrrole nitrogens is 1. The highest BCUT2D eigenvalue weighted by atomic mass is 19.1. The van der Waals surface area contributed by atoms with Crippen LogP contribution in [-0.4, -0.2) is 17.1 Å². The highest BCUT2D eigenvalue weighted by molar-refractivity contribution is 5.81. The Kier molecular flexibility index (Phi) is 3.21. The van der Waals surface area contributed by atoms with Crippen LogP contribution >= 0.6 is 0 Å². The minimum atomic E-state index is -0.722. The molecule has 4 nitrogen and oxygen atoms in total. The number of anilines is 1. The van der Waals surface area contributed by atoms with Crippen molar-refractivity contribution >= 4 is 16.7 Å². The zero-order chi connectivity index (χ0) is 15.0. The SMILES string of the molecule is COc1cnc2[nH]cc(Cc3c(F)ccc(N)c3F)c2c1. The van der Waals surface area contributed by atoms with Gasteiger partial charge in [-0.1, -0.05) is 0 Å². The third-order valence-electron chi connectivity index (χ3n) is 3.41. The number of methoxy groups -OCH3 is 1. The lowest BCUT2D eigenvalue weighted by Gasteiger charge is -2.07. The molecule has 0 aliphatic rings. The van der Waals surface area contributed by atoms with Crippen LogP contribution < -0.4 is 10.5 Å². The molecule has 6 heteroatoms. The van der Waals surface area contributed by atoms with Gasteiger partial charge in [0.05, 0.1) is 19.0 Å². The average molecular weight is 289 g/mol. The van der Waals surface area contributed by atoms with Gasteiger partial charge in [0.1, 0.15) is 17.2 Å². The van der Waals surface area contributed by atoms with Crippen molar-refractivity contribution in [3.63, 3.8) is 0 Å². The second-order valence-electron chi connectivity index (χ2n) is 4.69. The van der Waals surface area contributed by atoms with E-state index in [1.165, 1.54) is 19.2 Å². The van der Waals surface area contributed by atoms with E-state index in [1.807, 2.05) is 0 Å². The van der Waals surface area contributed by atoms with Gasteiger partial charge in [-0.05, 0) is 23.8 Å². The molecule has 0 atom stereocenters. The predicted octanol–water partition coefficient (Wildman–Crippen LogP) is 3.02. The zero-order valence-corrected chi connectivity index (χ0v) is 11.3. The fourth-order valence-corrected chi connectivity index (χ4v) is 2.26. The average Bonchev–Trinajstić information content (AvgIpc) is 2.89. The first kappa shape index (κ1) is 13.4. The van der Waals surface area contributed by atoms with E-state index in [0.717, 1.165) is 10.9 Å². The van der Waals surface area contributed by atoms with E-state index in [2.05, 4.69) is 9.97 Å². The number of aromatic nitrogens is 2. The van der Waals surface area contributed by atoms with Gasteiger partial charge in [0, 0.05) is 23.6 Å². The molecule has 0 aliphatic heterocycles. The van der Waals surface area contributed by atoms with Crippen molar-refractivity contribution in [3.8, 4) is 5.75 Å². The highest BCUT2D eigenvalue weighted by Crippen LogP contribution is 2.27. The number of nitrogens with two attached hydrogens (primary N) is 1. The number of hydrogen-bond donors (Lipinski definition) is 2. The first-order valence-electron chi connectivity index (χ1n) is 6.32. The maximum absolute atomic E-state index is 14.0. The summed E-state index contributed by atoms with van der Waals surface area (Å²) in [6.07, 6.45) is 3.33. The van der Waals surface area contributed by atoms with Crippen molar-refractivity contribution in [1.82, 2.24) is 9.97 Å². The van der Waals surface area contributed by atoms with Crippen LogP contribution in [0.25, 0.3) is 11.0 Å². The second kappa shape index (κ2) is 5.05. The zero-order valence-electron chi connectivity index (χ0n) is 11.3. The predicted molar refractivity (Wildman–Crippen MR) is 76.2 cm³/mol. The molecule has 108 valence electrons.